The van der Waals surface area contributed by atoms with Gasteiger partial charge in [-0.25, -0.2) is 4.39 Å². The van der Waals surface area contributed by atoms with Gasteiger partial charge >= 0.3 is 0 Å². The van der Waals surface area contributed by atoms with Gasteiger partial charge in [0, 0.05) is 11.9 Å². The summed E-state index contributed by atoms with van der Waals surface area (Å²) < 4.78 is 19.2. The number of anilines is 1. The van der Waals surface area contributed by atoms with Gasteiger partial charge in [-0.1, -0.05) is 30.3 Å². The van der Waals surface area contributed by atoms with Crippen molar-refractivity contribution in [1.82, 2.24) is 10.6 Å². The van der Waals surface area contributed by atoms with Crippen molar-refractivity contribution in [1.29, 1.82) is 0 Å². The molecule has 6 nitrogen and oxygen atoms in total. The summed E-state index contributed by atoms with van der Waals surface area (Å²) in [6.45, 7) is 0.307. The number of benzene rings is 2. The van der Waals surface area contributed by atoms with Crippen LogP contribution >= 0.6 is 11.3 Å². The molecule has 160 valence electrons. The maximum Gasteiger partial charge on any atom is 0.262 e. The van der Waals surface area contributed by atoms with Gasteiger partial charge in [-0.2, -0.15) is 0 Å². The average Bonchev–Trinajstić information content (AvgIpc) is 3.32. The van der Waals surface area contributed by atoms with Gasteiger partial charge in [-0.15, -0.1) is 11.3 Å². The normalized spacial score (nSPS) is 16.1. The first-order valence-electron chi connectivity index (χ1n) is 9.85. The van der Waals surface area contributed by atoms with Crippen molar-refractivity contribution in [2.24, 2.45) is 0 Å². The molecule has 2 N–H and O–H groups in total. The summed E-state index contributed by atoms with van der Waals surface area (Å²) >= 11 is 1.52. The molecule has 0 aliphatic carbocycles. The molecular weight excluding hydrogens is 417 g/mol. The van der Waals surface area contributed by atoms with Gasteiger partial charge in [-0.3, -0.25) is 9.59 Å². The van der Waals surface area contributed by atoms with E-state index < -0.39 is 6.10 Å². The number of carbonyl (C=O) groups excluding carboxylic acids is 2. The van der Waals surface area contributed by atoms with Crippen molar-refractivity contribution in [2.45, 2.75) is 12.1 Å². The van der Waals surface area contributed by atoms with Gasteiger partial charge in [0.2, 0.25) is 5.91 Å². The fourth-order valence-electron chi connectivity index (χ4n) is 3.56. The molecule has 0 radical (unpaired) electrons. The molecule has 2 aromatic carbocycles. The SMILES string of the molecule is CNC(=O)[C@@H]1CN(CC(=O)N[C@@H](c2ccc(F)cc2)c2cccs2)c2ccccc2O1. The van der Waals surface area contributed by atoms with Gasteiger partial charge in [0.15, 0.2) is 6.10 Å². The minimum atomic E-state index is -0.710. The van der Waals surface area contributed by atoms with Crippen LogP contribution in [0.4, 0.5) is 10.1 Å². The molecule has 2 atom stereocenters. The number of hydrogen-bond donors (Lipinski definition) is 2. The van der Waals surface area contributed by atoms with Crippen LogP contribution in [0.5, 0.6) is 5.75 Å². The standard InChI is InChI=1S/C23H22FN3O3S/c1-25-23(29)19-13-27(17-5-2-3-6-18(17)30-19)14-21(28)26-22(20-7-4-12-31-20)15-8-10-16(24)11-9-15/h2-12,19,22H,13-14H2,1H3,(H,25,29)(H,26,28)/t19-,22-/m0/s1. The van der Waals surface area contributed by atoms with Crippen molar-refractivity contribution in [3.63, 3.8) is 0 Å². The number of likely N-dealkylation sites (N-methyl/N-ethyl adjacent to an activating group) is 1. The molecule has 2 heterocycles. The maximum absolute atomic E-state index is 13.4. The van der Waals surface area contributed by atoms with Gasteiger partial charge in [0.1, 0.15) is 11.6 Å². The third-order valence-electron chi connectivity index (χ3n) is 5.07. The number of nitrogens with one attached hydrogen (secondary N) is 2. The molecule has 1 aromatic heterocycles. The molecule has 0 saturated heterocycles. The Bertz CT molecular complexity index is 1060. The van der Waals surface area contributed by atoms with E-state index in [1.807, 2.05) is 40.6 Å². The molecular formula is C23H22FN3O3S. The second kappa shape index (κ2) is 9.18. The number of halogens is 1. The molecule has 0 bridgehead atoms. The fourth-order valence-corrected chi connectivity index (χ4v) is 4.37. The van der Waals surface area contributed by atoms with E-state index in [1.54, 1.807) is 25.2 Å². The quantitative estimate of drug-likeness (QED) is 0.619. The minimum absolute atomic E-state index is 0.0525. The number of hydrogen-bond acceptors (Lipinski definition) is 5. The zero-order chi connectivity index (χ0) is 21.8. The number of amides is 2. The Morgan fingerprint density at radius 1 is 1.16 bits per heavy atom. The Balaban J connectivity index is 1.54. The molecule has 2 amide bonds. The Labute approximate surface area is 183 Å². The number of thiophene rings is 1. The lowest BCUT2D eigenvalue weighted by atomic mass is 10.1. The van der Waals surface area contributed by atoms with Crippen LogP contribution in [0.1, 0.15) is 16.5 Å². The van der Waals surface area contributed by atoms with Crippen molar-refractivity contribution in [3.8, 4) is 5.75 Å². The average molecular weight is 440 g/mol. The summed E-state index contributed by atoms with van der Waals surface area (Å²) in [7, 11) is 1.55. The summed E-state index contributed by atoms with van der Waals surface area (Å²) in [5.41, 5.74) is 1.55. The van der Waals surface area contributed by atoms with Crippen LogP contribution in [0.15, 0.2) is 66.0 Å². The molecule has 4 rings (SSSR count). The number of fused-ring (bicyclic) bond motifs is 1. The van der Waals surface area contributed by atoms with Crippen molar-refractivity contribution in [3.05, 3.63) is 82.3 Å². The summed E-state index contributed by atoms with van der Waals surface area (Å²) in [5, 5.41) is 7.59. The van der Waals surface area contributed by atoms with E-state index in [9.17, 15) is 14.0 Å². The first-order chi connectivity index (χ1) is 15.0. The Morgan fingerprint density at radius 3 is 2.65 bits per heavy atom. The number of rotatable bonds is 6. The number of ether oxygens (including phenoxy) is 1. The van der Waals surface area contributed by atoms with E-state index in [1.165, 1.54) is 23.5 Å². The van der Waals surface area contributed by atoms with E-state index in [0.29, 0.717) is 5.75 Å². The third-order valence-corrected chi connectivity index (χ3v) is 6.01. The molecule has 0 spiro atoms. The zero-order valence-corrected chi connectivity index (χ0v) is 17.7. The summed E-state index contributed by atoms with van der Waals surface area (Å²) in [6.07, 6.45) is -0.710. The number of para-hydroxylation sites is 2. The summed E-state index contributed by atoms with van der Waals surface area (Å²) in [5.74, 6) is -0.230. The third kappa shape index (κ3) is 4.69. The lowest BCUT2D eigenvalue weighted by Gasteiger charge is -2.35. The lowest BCUT2D eigenvalue weighted by Crippen LogP contribution is -2.50. The van der Waals surface area contributed by atoms with Crippen molar-refractivity contribution < 1.29 is 18.7 Å². The molecule has 0 unspecified atom stereocenters. The van der Waals surface area contributed by atoms with Crippen LogP contribution in [0, 0.1) is 5.82 Å². The van der Waals surface area contributed by atoms with Crippen LogP contribution in [0.3, 0.4) is 0 Å². The number of carbonyl (C=O) groups is 2. The smallest absolute Gasteiger partial charge is 0.262 e. The highest BCUT2D eigenvalue weighted by Gasteiger charge is 2.31. The van der Waals surface area contributed by atoms with E-state index in [0.717, 1.165) is 16.1 Å². The Kier molecular flexibility index (Phi) is 6.18. The Morgan fingerprint density at radius 2 is 1.94 bits per heavy atom. The number of nitrogens with zero attached hydrogens (tertiary/aromatic N) is 1. The highest BCUT2D eigenvalue weighted by atomic mass is 32.1. The summed E-state index contributed by atoms with van der Waals surface area (Å²) in [6, 6.07) is 16.9. The van der Waals surface area contributed by atoms with Crippen LogP contribution in [0.25, 0.3) is 0 Å². The lowest BCUT2D eigenvalue weighted by molar-refractivity contribution is -0.127. The second-order valence-corrected chi connectivity index (χ2v) is 8.12. The van der Waals surface area contributed by atoms with Crippen LogP contribution in [-0.2, 0) is 9.59 Å². The topological polar surface area (TPSA) is 70.7 Å². The molecule has 0 fully saturated rings. The van der Waals surface area contributed by atoms with E-state index in [2.05, 4.69) is 10.6 Å². The highest BCUT2D eigenvalue weighted by Crippen LogP contribution is 2.33. The van der Waals surface area contributed by atoms with E-state index in [-0.39, 0.29) is 36.8 Å². The van der Waals surface area contributed by atoms with Crippen molar-refractivity contribution in [2.75, 3.05) is 25.0 Å². The van der Waals surface area contributed by atoms with Crippen LogP contribution < -0.4 is 20.3 Å². The first-order valence-corrected chi connectivity index (χ1v) is 10.7. The predicted molar refractivity (Wildman–Crippen MR) is 118 cm³/mol. The Hall–Kier alpha value is -3.39. The molecule has 3 aromatic rings. The van der Waals surface area contributed by atoms with Crippen LogP contribution in [0.2, 0.25) is 0 Å². The molecule has 31 heavy (non-hydrogen) atoms. The van der Waals surface area contributed by atoms with Gasteiger partial charge < -0.3 is 20.3 Å². The minimum Gasteiger partial charge on any atom is -0.477 e. The predicted octanol–water partition coefficient (Wildman–Crippen LogP) is 3.11. The van der Waals surface area contributed by atoms with Gasteiger partial charge in [-0.05, 0) is 41.3 Å². The van der Waals surface area contributed by atoms with Gasteiger partial charge in [0.25, 0.3) is 5.91 Å². The molecule has 0 saturated carbocycles. The largest absolute Gasteiger partial charge is 0.477 e. The zero-order valence-electron chi connectivity index (χ0n) is 16.9. The molecule has 1 aliphatic heterocycles. The monoisotopic (exact) mass is 439 g/mol. The van der Waals surface area contributed by atoms with Crippen LogP contribution in [-0.4, -0.2) is 38.1 Å². The van der Waals surface area contributed by atoms with E-state index in [4.69, 9.17) is 4.74 Å². The van der Waals surface area contributed by atoms with Crippen molar-refractivity contribution >= 4 is 28.8 Å². The second-order valence-electron chi connectivity index (χ2n) is 7.14. The highest BCUT2D eigenvalue weighted by molar-refractivity contribution is 7.10. The van der Waals surface area contributed by atoms with Gasteiger partial charge in [0.05, 0.1) is 24.8 Å². The maximum atomic E-state index is 13.4. The molecule has 1 aliphatic rings. The molecule has 8 heteroatoms. The summed E-state index contributed by atoms with van der Waals surface area (Å²) in [4.78, 5) is 28.0. The first kappa shape index (κ1) is 20.9. The van der Waals surface area contributed by atoms with E-state index >= 15 is 0 Å². The fraction of sp³-hybridized carbons (Fsp3) is 0.217.